The molecule has 1 amide bonds. The molecule has 0 aliphatic rings. The number of hydrogen-bond donors (Lipinski definition) is 2. The first kappa shape index (κ1) is 15.0. The maximum atomic E-state index is 12.2. The van der Waals surface area contributed by atoms with Crippen LogP contribution in [-0.4, -0.2) is 38.7 Å². The minimum absolute atomic E-state index is 0.138. The Kier molecular flexibility index (Phi) is 4.86. The van der Waals surface area contributed by atoms with E-state index in [9.17, 15) is 4.79 Å². The molecule has 21 heavy (non-hydrogen) atoms. The van der Waals surface area contributed by atoms with Crippen LogP contribution >= 0.6 is 0 Å². The third kappa shape index (κ3) is 3.77. The van der Waals surface area contributed by atoms with E-state index in [0.717, 1.165) is 23.8 Å². The van der Waals surface area contributed by atoms with E-state index in [1.165, 1.54) is 0 Å². The number of aryl methyl sites for hydroxylation is 2. The number of hydrogen-bond acceptors (Lipinski definition) is 5. The molecule has 0 aromatic carbocycles. The highest BCUT2D eigenvalue weighted by Crippen LogP contribution is 2.15. The second-order valence-electron chi connectivity index (χ2n) is 4.77. The lowest BCUT2D eigenvalue weighted by atomic mass is 10.2. The maximum absolute atomic E-state index is 12.2. The fraction of sp³-hybridized carbons (Fsp3) is 0.429. The number of amides is 1. The maximum Gasteiger partial charge on any atom is 0.254 e. The standard InChI is InChI=1S/C14H20N6O/c1-4-15-12-7-10(2)17-8-11(12)14(21)16-6-5-13-19-18-9-20(13)3/h7-9H,4-6H2,1-3H3,(H,15,17)(H,16,21). The van der Waals surface area contributed by atoms with Gasteiger partial charge in [0.2, 0.25) is 0 Å². The van der Waals surface area contributed by atoms with Crippen molar-refractivity contribution in [3.05, 3.63) is 35.7 Å². The van der Waals surface area contributed by atoms with Gasteiger partial charge in [-0.25, -0.2) is 0 Å². The SMILES string of the molecule is CCNc1cc(C)ncc1C(=O)NCCc1nncn1C. The highest BCUT2D eigenvalue weighted by molar-refractivity contribution is 5.99. The molecular formula is C14H20N6O. The van der Waals surface area contributed by atoms with Crippen LogP contribution in [0.15, 0.2) is 18.6 Å². The van der Waals surface area contributed by atoms with Crippen LogP contribution in [0.25, 0.3) is 0 Å². The van der Waals surface area contributed by atoms with Crippen molar-refractivity contribution >= 4 is 11.6 Å². The predicted octanol–water partition coefficient (Wildman–Crippen LogP) is 0.923. The molecule has 7 nitrogen and oxygen atoms in total. The summed E-state index contributed by atoms with van der Waals surface area (Å²) in [6, 6.07) is 1.88. The number of carbonyl (C=O) groups is 1. The van der Waals surface area contributed by atoms with Gasteiger partial charge in [-0.3, -0.25) is 9.78 Å². The van der Waals surface area contributed by atoms with Gasteiger partial charge >= 0.3 is 0 Å². The smallest absolute Gasteiger partial charge is 0.254 e. The number of nitrogens with zero attached hydrogens (tertiary/aromatic N) is 4. The highest BCUT2D eigenvalue weighted by atomic mass is 16.1. The summed E-state index contributed by atoms with van der Waals surface area (Å²) in [4.78, 5) is 16.4. The summed E-state index contributed by atoms with van der Waals surface area (Å²) in [5.41, 5.74) is 2.24. The lowest BCUT2D eigenvalue weighted by Gasteiger charge is -2.11. The number of pyridine rings is 1. The number of anilines is 1. The summed E-state index contributed by atoms with van der Waals surface area (Å²) in [6.45, 7) is 5.15. The Balaban J connectivity index is 1.98. The first-order valence-electron chi connectivity index (χ1n) is 6.93. The van der Waals surface area contributed by atoms with Crippen LogP contribution in [0.5, 0.6) is 0 Å². The van der Waals surface area contributed by atoms with Crippen LogP contribution < -0.4 is 10.6 Å². The summed E-state index contributed by atoms with van der Waals surface area (Å²) in [6.07, 6.45) is 3.88. The topological polar surface area (TPSA) is 84.7 Å². The van der Waals surface area contributed by atoms with Gasteiger partial charge in [0.15, 0.2) is 0 Å². The van der Waals surface area contributed by atoms with Crippen molar-refractivity contribution in [3.63, 3.8) is 0 Å². The third-order valence-corrected chi connectivity index (χ3v) is 3.09. The van der Waals surface area contributed by atoms with Gasteiger partial charge in [-0.1, -0.05) is 0 Å². The average Bonchev–Trinajstić information content (AvgIpc) is 2.85. The van der Waals surface area contributed by atoms with Crippen LogP contribution in [0.1, 0.15) is 28.8 Å². The average molecular weight is 288 g/mol. The molecule has 7 heteroatoms. The van der Waals surface area contributed by atoms with Crippen molar-refractivity contribution in [1.82, 2.24) is 25.1 Å². The highest BCUT2D eigenvalue weighted by Gasteiger charge is 2.12. The van der Waals surface area contributed by atoms with Gasteiger partial charge in [0.1, 0.15) is 12.2 Å². The second-order valence-corrected chi connectivity index (χ2v) is 4.77. The Bertz CT molecular complexity index is 622. The zero-order valence-electron chi connectivity index (χ0n) is 12.6. The van der Waals surface area contributed by atoms with Gasteiger partial charge in [0, 0.05) is 38.4 Å². The second kappa shape index (κ2) is 6.83. The van der Waals surface area contributed by atoms with Crippen LogP contribution in [0.2, 0.25) is 0 Å². The van der Waals surface area contributed by atoms with Crippen LogP contribution in [0, 0.1) is 6.92 Å². The van der Waals surface area contributed by atoms with E-state index < -0.39 is 0 Å². The molecule has 0 saturated heterocycles. The zero-order chi connectivity index (χ0) is 15.2. The Labute approximate surface area is 123 Å². The molecule has 112 valence electrons. The molecule has 2 heterocycles. The van der Waals surface area contributed by atoms with Crippen molar-refractivity contribution in [2.45, 2.75) is 20.3 Å². The normalized spacial score (nSPS) is 10.4. The lowest BCUT2D eigenvalue weighted by molar-refractivity contribution is 0.0954. The van der Waals surface area contributed by atoms with Crippen molar-refractivity contribution in [2.24, 2.45) is 7.05 Å². The van der Waals surface area contributed by atoms with Crippen LogP contribution in [0.4, 0.5) is 5.69 Å². The van der Waals surface area contributed by atoms with Crippen LogP contribution in [-0.2, 0) is 13.5 Å². The molecule has 0 bridgehead atoms. The Morgan fingerprint density at radius 3 is 2.90 bits per heavy atom. The molecule has 0 atom stereocenters. The van der Waals surface area contributed by atoms with Gasteiger partial charge in [-0.15, -0.1) is 10.2 Å². The number of aromatic nitrogens is 4. The van der Waals surface area contributed by atoms with E-state index in [4.69, 9.17) is 0 Å². The zero-order valence-corrected chi connectivity index (χ0v) is 12.6. The predicted molar refractivity (Wildman–Crippen MR) is 80.2 cm³/mol. The monoisotopic (exact) mass is 288 g/mol. The fourth-order valence-electron chi connectivity index (χ4n) is 1.99. The van der Waals surface area contributed by atoms with Gasteiger partial charge in [-0.05, 0) is 19.9 Å². The molecule has 0 radical (unpaired) electrons. The largest absolute Gasteiger partial charge is 0.385 e. The molecule has 2 N–H and O–H groups in total. The number of carbonyl (C=O) groups excluding carboxylic acids is 1. The van der Waals surface area contributed by atoms with E-state index in [1.54, 1.807) is 12.5 Å². The number of rotatable bonds is 6. The molecule has 0 saturated carbocycles. The molecule has 0 fully saturated rings. The van der Waals surface area contributed by atoms with Gasteiger partial charge in [0.25, 0.3) is 5.91 Å². The summed E-state index contributed by atoms with van der Waals surface area (Å²) < 4.78 is 1.84. The fourth-order valence-corrected chi connectivity index (χ4v) is 1.99. The first-order valence-corrected chi connectivity index (χ1v) is 6.93. The molecule has 0 aliphatic heterocycles. The van der Waals surface area contributed by atoms with Crippen molar-refractivity contribution in [1.29, 1.82) is 0 Å². The molecule has 0 unspecified atom stereocenters. The molecule has 0 spiro atoms. The van der Waals surface area contributed by atoms with E-state index in [1.807, 2.05) is 31.5 Å². The summed E-state index contributed by atoms with van der Waals surface area (Å²) in [5, 5.41) is 13.9. The van der Waals surface area contributed by atoms with Gasteiger partial charge in [-0.2, -0.15) is 0 Å². The molecule has 0 aliphatic carbocycles. The van der Waals surface area contributed by atoms with Crippen molar-refractivity contribution in [3.8, 4) is 0 Å². The van der Waals surface area contributed by atoms with Crippen LogP contribution in [0.3, 0.4) is 0 Å². The third-order valence-electron chi connectivity index (χ3n) is 3.09. The quantitative estimate of drug-likeness (QED) is 0.826. The summed E-state index contributed by atoms with van der Waals surface area (Å²) >= 11 is 0. The lowest BCUT2D eigenvalue weighted by Crippen LogP contribution is -2.27. The minimum atomic E-state index is -0.138. The molecule has 2 aromatic rings. The Morgan fingerprint density at radius 1 is 1.43 bits per heavy atom. The van der Waals surface area contributed by atoms with Gasteiger partial charge < -0.3 is 15.2 Å². The Morgan fingerprint density at radius 2 is 2.24 bits per heavy atom. The molecule has 2 rings (SSSR count). The first-order chi connectivity index (χ1) is 10.1. The summed E-state index contributed by atoms with van der Waals surface area (Å²) in [5.74, 6) is 0.699. The van der Waals surface area contributed by atoms with E-state index in [2.05, 4.69) is 25.8 Å². The number of nitrogens with one attached hydrogen (secondary N) is 2. The molecule has 2 aromatic heterocycles. The Hall–Kier alpha value is -2.44. The van der Waals surface area contributed by atoms with E-state index in [0.29, 0.717) is 18.5 Å². The van der Waals surface area contributed by atoms with Gasteiger partial charge in [0.05, 0.1) is 11.3 Å². The van der Waals surface area contributed by atoms with Crippen molar-refractivity contribution < 1.29 is 4.79 Å². The van der Waals surface area contributed by atoms with E-state index >= 15 is 0 Å². The van der Waals surface area contributed by atoms with Crippen molar-refractivity contribution in [2.75, 3.05) is 18.4 Å². The minimum Gasteiger partial charge on any atom is -0.385 e. The van der Waals surface area contributed by atoms with E-state index in [-0.39, 0.29) is 5.91 Å². The summed E-state index contributed by atoms with van der Waals surface area (Å²) in [7, 11) is 1.88. The molecular weight excluding hydrogens is 268 g/mol.